The summed E-state index contributed by atoms with van der Waals surface area (Å²) >= 11 is 0. The minimum atomic E-state index is 0.363. The van der Waals surface area contributed by atoms with Gasteiger partial charge in [0, 0.05) is 70.5 Å². The molecule has 1 saturated carbocycles. The molecule has 4 rings (SSSR count). The van der Waals surface area contributed by atoms with Crippen LogP contribution in [0.4, 0.5) is 5.69 Å². The molecule has 0 atom stereocenters. The molecular weight excluding hydrogens is 324 g/mol. The van der Waals surface area contributed by atoms with Crippen LogP contribution in [0.3, 0.4) is 0 Å². The SMILES string of the molecule is O=C(C1CC1)N1CCCN(CCN2CCN(c3ccccc3)CC2)CC1. The Morgan fingerprint density at radius 2 is 1.46 bits per heavy atom. The molecule has 0 aromatic heterocycles. The second-order valence-electron chi connectivity index (χ2n) is 7.96. The Bertz CT molecular complexity index is 581. The van der Waals surface area contributed by atoms with Crippen molar-refractivity contribution in [3.8, 4) is 0 Å². The number of hydrogen-bond acceptors (Lipinski definition) is 4. The molecule has 0 N–H and O–H groups in total. The monoisotopic (exact) mass is 356 g/mol. The minimum absolute atomic E-state index is 0.363. The van der Waals surface area contributed by atoms with E-state index in [0.717, 1.165) is 84.7 Å². The molecule has 0 bridgehead atoms. The van der Waals surface area contributed by atoms with E-state index >= 15 is 0 Å². The van der Waals surface area contributed by atoms with Gasteiger partial charge in [0.25, 0.3) is 0 Å². The van der Waals surface area contributed by atoms with Gasteiger partial charge in [-0.3, -0.25) is 9.69 Å². The molecule has 1 aromatic rings. The van der Waals surface area contributed by atoms with Crippen LogP contribution >= 0.6 is 0 Å². The van der Waals surface area contributed by atoms with Gasteiger partial charge in [0.15, 0.2) is 0 Å². The lowest BCUT2D eigenvalue weighted by molar-refractivity contribution is -0.132. The molecule has 3 aliphatic rings. The third-order valence-electron chi connectivity index (χ3n) is 6.05. The number of anilines is 1. The lowest BCUT2D eigenvalue weighted by Crippen LogP contribution is -2.48. The van der Waals surface area contributed by atoms with Crippen LogP contribution in [0, 0.1) is 5.92 Å². The van der Waals surface area contributed by atoms with E-state index in [1.807, 2.05) is 0 Å². The number of para-hydroxylation sites is 1. The number of benzene rings is 1. The summed E-state index contributed by atoms with van der Waals surface area (Å²) in [7, 11) is 0. The Kier molecular flexibility index (Phi) is 5.75. The first-order valence-corrected chi connectivity index (χ1v) is 10.3. The lowest BCUT2D eigenvalue weighted by Gasteiger charge is -2.37. The number of carbonyl (C=O) groups is 1. The summed E-state index contributed by atoms with van der Waals surface area (Å²) in [6, 6.07) is 10.8. The van der Waals surface area contributed by atoms with Crippen molar-refractivity contribution in [1.82, 2.24) is 14.7 Å². The van der Waals surface area contributed by atoms with Crippen LogP contribution in [0.2, 0.25) is 0 Å². The van der Waals surface area contributed by atoms with Crippen LogP contribution in [0.1, 0.15) is 19.3 Å². The van der Waals surface area contributed by atoms with Gasteiger partial charge in [0.2, 0.25) is 5.91 Å². The molecule has 0 radical (unpaired) electrons. The number of hydrogen-bond donors (Lipinski definition) is 0. The average molecular weight is 357 g/mol. The Labute approximate surface area is 157 Å². The van der Waals surface area contributed by atoms with E-state index in [-0.39, 0.29) is 0 Å². The van der Waals surface area contributed by atoms with Gasteiger partial charge in [-0.05, 0) is 37.9 Å². The molecule has 0 spiro atoms. The van der Waals surface area contributed by atoms with Crippen molar-refractivity contribution in [2.75, 3.05) is 70.3 Å². The van der Waals surface area contributed by atoms with E-state index in [1.165, 1.54) is 5.69 Å². The van der Waals surface area contributed by atoms with Gasteiger partial charge in [-0.25, -0.2) is 0 Å². The molecule has 3 fully saturated rings. The number of piperazine rings is 1. The molecule has 1 aliphatic carbocycles. The van der Waals surface area contributed by atoms with Gasteiger partial charge < -0.3 is 14.7 Å². The highest BCUT2D eigenvalue weighted by molar-refractivity contribution is 5.81. The van der Waals surface area contributed by atoms with Crippen LogP contribution in [-0.4, -0.2) is 86.1 Å². The zero-order valence-corrected chi connectivity index (χ0v) is 15.9. The predicted molar refractivity (Wildman–Crippen MR) is 105 cm³/mol. The van der Waals surface area contributed by atoms with Gasteiger partial charge in [-0.1, -0.05) is 18.2 Å². The first kappa shape index (κ1) is 17.8. The molecule has 2 aliphatic heterocycles. The molecule has 1 aromatic carbocycles. The Hall–Kier alpha value is -1.59. The average Bonchev–Trinajstić information content (AvgIpc) is 3.54. The lowest BCUT2D eigenvalue weighted by atomic mass is 10.2. The van der Waals surface area contributed by atoms with Gasteiger partial charge in [0.1, 0.15) is 0 Å². The van der Waals surface area contributed by atoms with Gasteiger partial charge in [-0.15, -0.1) is 0 Å². The fraction of sp³-hybridized carbons (Fsp3) is 0.667. The summed E-state index contributed by atoms with van der Waals surface area (Å²) in [5.74, 6) is 0.784. The highest BCUT2D eigenvalue weighted by Crippen LogP contribution is 2.31. The summed E-state index contributed by atoms with van der Waals surface area (Å²) in [5, 5.41) is 0. The maximum absolute atomic E-state index is 12.3. The molecule has 142 valence electrons. The fourth-order valence-corrected chi connectivity index (χ4v) is 4.15. The normalized spacial score (nSPS) is 23.1. The molecule has 2 saturated heterocycles. The highest BCUT2D eigenvalue weighted by Gasteiger charge is 2.33. The van der Waals surface area contributed by atoms with E-state index in [4.69, 9.17) is 0 Å². The van der Waals surface area contributed by atoms with Crippen LogP contribution in [0.25, 0.3) is 0 Å². The Morgan fingerprint density at radius 1 is 0.808 bits per heavy atom. The van der Waals surface area contributed by atoms with Crippen molar-refractivity contribution in [1.29, 1.82) is 0 Å². The standard InChI is InChI=1S/C21H32N4O/c26-21(19-7-8-19)25-10-4-9-22(15-18-25)11-12-23-13-16-24(17-14-23)20-5-2-1-3-6-20/h1-3,5-6,19H,4,7-18H2. The van der Waals surface area contributed by atoms with Crippen LogP contribution in [0.5, 0.6) is 0 Å². The summed E-state index contributed by atoms with van der Waals surface area (Å²) in [6.07, 6.45) is 3.36. The summed E-state index contributed by atoms with van der Waals surface area (Å²) in [6.45, 7) is 10.9. The molecule has 2 heterocycles. The maximum atomic E-state index is 12.3. The van der Waals surface area contributed by atoms with E-state index in [1.54, 1.807) is 0 Å². The molecular formula is C21H32N4O. The number of nitrogens with zero attached hydrogens (tertiary/aromatic N) is 4. The molecule has 5 heteroatoms. The molecule has 26 heavy (non-hydrogen) atoms. The first-order chi connectivity index (χ1) is 12.8. The van der Waals surface area contributed by atoms with Gasteiger partial charge in [0.05, 0.1) is 0 Å². The summed E-state index contributed by atoms with van der Waals surface area (Å²) < 4.78 is 0. The van der Waals surface area contributed by atoms with Crippen molar-refractivity contribution >= 4 is 11.6 Å². The van der Waals surface area contributed by atoms with E-state index in [2.05, 4.69) is 49.9 Å². The molecule has 1 amide bonds. The van der Waals surface area contributed by atoms with Crippen molar-refractivity contribution in [2.24, 2.45) is 5.92 Å². The zero-order chi connectivity index (χ0) is 17.8. The third-order valence-corrected chi connectivity index (χ3v) is 6.05. The van der Waals surface area contributed by atoms with Crippen molar-refractivity contribution in [3.63, 3.8) is 0 Å². The summed E-state index contributed by atoms with van der Waals surface area (Å²) in [4.78, 5) is 22.0. The second-order valence-corrected chi connectivity index (χ2v) is 7.96. The maximum Gasteiger partial charge on any atom is 0.225 e. The van der Waals surface area contributed by atoms with E-state index < -0.39 is 0 Å². The Balaban J connectivity index is 1.17. The largest absolute Gasteiger partial charge is 0.369 e. The number of amides is 1. The molecule has 0 unspecified atom stereocenters. The Morgan fingerprint density at radius 3 is 2.15 bits per heavy atom. The number of rotatable bonds is 5. The molecule has 5 nitrogen and oxygen atoms in total. The second kappa shape index (κ2) is 8.40. The van der Waals surface area contributed by atoms with Crippen molar-refractivity contribution < 1.29 is 4.79 Å². The quantitative estimate of drug-likeness (QED) is 0.804. The number of carbonyl (C=O) groups excluding carboxylic acids is 1. The predicted octanol–water partition coefficient (Wildman–Crippen LogP) is 1.75. The van der Waals surface area contributed by atoms with Crippen LogP contribution in [-0.2, 0) is 4.79 Å². The van der Waals surface area contributed by atoms with Gasteiger partial charge >= 0.3 is 0 Å². The highest BCUT2D eigenvalue weighted by atomic mass is 16.2. The minimum Gasteiger partial charge on any atom is -0.369 e. The van der Waals surface area contributed by atoms with Crippen LogP contribution < -0.4 is 4.90 Å². The smallest absolute Gasteiger partial charge is 0.225 e. The van der Waals surface area contributed by atoms with E-state index in [9.17, 15) is 4.79 Å². The van der Waals surface area contributed by atoms with Gasteiger partial charge in [-0.2, -0.15) is 0 Å². The fourth-order valence-electron chi connectivity index (χ4n) is 4.15. The first-order valence-electron chi connectivity index (χ1n) is 10.3. The topological polar surface area (TPSA) is 30.0 Å². The van der Waals surface area contributed by atoms with Crippen molar-refractivity contribution in [3.05, 3.63) is 30.3 Å². The summed E-state index contributed by atoms with van der Waals surface area (Å²) in [5.41, 5.74) is 1.35. The third kappa shape index (κ3) is 4.57. The zero-order valence-electron chi connectivity index (χ0n) is 15.9. The van der Waals surface area contributed by atoms with E-state index in [0.29, 0.717) is 11.8 Å². The van der Waals surface area contributed by atoms with Crippen molar-refractivity contribution in [2.45, 2.75) is 19.3 Å². The van der Waals surface area contributed by atoms with Crippen LogP contribution in [0.15, 0.2) is 30.3 Å².